The number of carbonyl (C=O) groups is 2. The lowest BCUT2D eigenvalue weighted by Gasteiger charge is -2.01. The van der Waals surface area contributed by atoms with Crippen LogP contribution in [0.5, 0.6) is 0 Å². The number of hydrogen-bond donors (Lipinski definition) is 0. The maximum Gasteiger partial charge on any atom is 0.306 e. The first-order valence-electron chi connectivity index (χ1n) is 3.83. The minimum absolute atomic E-state index is 0.126. The Labute approximate surface area is 65.7 Å². The molecule has 0 N–H and O–H groups in total. The highest BCUT2D eigenvalue weighted by molar-refractivity contribution is 5.75. The number of esters is 1. The van der Waals surface area contributed by atoms with Gasteiger partial charge < -0.3 is 9.53 Å². The maximum atomic E-state index is 10.6. The number of ether oxygens (including phenoxy) is 1. The Bertz CT molecular complexity index is 174. The van der Waals surface area contributed by atoms with E-state index >= 15 is 0 Å². The summed E-state index contributed by atoms with van der Waals surface area (Å²) in [5.74, 6) is 0.342. The van der Waals surface area contributed by atoms with E-state index in [1.54, 1.807) is 6.92 Å². The van der Waals surface area contributed by atoms with Gasteiger partial charge >= 0.3 is 5.97 Å². The normalized spacial score (nSPS) is 23.4. The van der Waals surface area contributed by atoms with E-state index in [4.69, 9.17) is 4.74 Å². The molecule has 1 heterocycles. The third kappa shape index (κ3) is 2.70. The molecule has 0 amide bonds. The topological polar surface area (TPSA) is 43.4 Å². The molecule has 1 atom stereocenters. The zero-order valence-electron chi connectivity index (χ0n) is 6.63. The predicted octanol–water partition coefficient (Wildman–Crippen LogP) is 0.919. The average molecular weight is 156 g/mol. The highest BCUT2D eigenvalue weighted by Gasteiger charge is 2.23. The molecule has 1 aliphatic heterocycles. The summed E-state index contributed by atoms with van der Waals surface area (Å²) in [6, 6.07) is 0. The fourth-order valence-corrected chi connectivity index (χ4v) is 1.16. The summed E-state index contributed by atoms with van der Waals surface area (Å²) >= 11 is 0. The second kappa shape index (κ2) is 3.51. The molecule has 1 saturated heterocycles. The fourth-order valence-electron chi connectivity index (χ4n) is 1.16. The van der Waals surface area contributed by atoms with Gasteiger partial charge in [-0.1, -0.05) is 0 Å². The first kappa shape index (κ1) is 8.24. The van der Waals surface area contributed by atoms with Gasteiger partial charge in [0.15, 0.2) is 0 Å². The van der Waals surface area contributed by atoms with Crippen molar-refractivity contribution < 1.29 is 14.3 Å². The molecule has 3 nitrogen and oxygen atoms in total. The molecule has 1 fully saturated rings. The number of rotatable bonds is 3. The van der Waals surface area contributed by atoms with Crippen molar-refractivity contribution in [2.75, 3.05) is 6.61 Å². The summed E-state index contributed by atoms with van der Waals surface area (Å²) in [6.07, 6.45) is 1.86. The summed E-state index contributed by atoms with van der Waals surface area (Å²) in [6.45, 7) is 2.07. The summed E-state index contributed by atoms with van der Waals surface area (Å²) < 4.78 is 4.75. The molecule has 0 radical (unpaired) electrons. The minimum Gasteiger partial charge on any atom is -0.465 e. The van der Waals surface area contributed by atoms with Crippen molar-refractivity contribution in [1.82, 2.24) is 0 Å². The first-order chi connectivity index (χ1) is 5.18. The molecule has 1 unspecified atom stereocenters. The average Bonchev–Trinajstić information content (AvgIpc) is 2.31. The third-order valence-electron chi connectivity index (χ3n) is 1.84. The molecule has 0 saturated carbocycles. The molecule has 0 aromatic heterocycles. The van der Waals surface area contributed by atoms with E-state index in [0.29, 0.717) is 19.4 Å². The highest BCUT2D eigenvalue weighted by atomic mass is 16.5. The van der Waals surface area contributed by atoms with Gasteiger partial charge in [-0.05, 0) is 13.3 Å². The molecule has 0 bridgehead atoms. The molecule has 0 spiro atoms. The Morgan fingerprint density at radius 1 is 1.73 bits per heavy atom. The largest absolute Gasteiger partial charge is 0.465 e. The smallest absolute Gasteiger partial charge is 0.306 e. The Balaban J connectivity index is 2.18. The van der Waals surface area contributed by atoms with Crippen LogP contribution in [0.3, 0.4) is 0 Å². The van der Waals surface area contributed by atoms with E-state index in [-0.39, 0.29) is 17.7 Å². The van der Waals surface area contributed by atoms with Crippen LogP contribution >= 0.6 is 0 Å². The van der Waals surface area contributed by atoms with E-state index in [9.17, 15) is 9.59 Å². The molecule has 0 aliphatic carbocycles. The van der Waals surface area contributed by atoms with E-state index in [1.165, 1.54) is 0 Å². The third-order valence-corrected chi connectivity index (χ3v) is 1.84. The SMILES string of the molecule is CC(=O)CCC1COC(=O)C1. The number of carbonyl (C=O) groups excluding carboxylic acids is 2. The van der Waals surface area contributed by atoms with Crippen molar-refractivity contribution in [2.45, 2.75) is 26.2 Å². The van der Waals surface area contributed by atoms with Gasteiger partial charge in [-0.25, -0.2) is 0 Å². The van der Waals surface area contributed by atoms with Crippen LogP contribution in [0.25, 0.3) is 0 Å². The van der Waals surface area contributed by atoms with Crippen LogP contribution in [-0.4, -0.2) is 18.4 Å². The Hall–Kier alpha value is -0.860. The lowest BCUT2D eigenvalue weighted by molar-refractivity contribution is -0.137. The van der Waals surface area contributed by atoms with Crippen LogP contribution in [0, 0.1) is 5.92 Å². The van der Waals surface area contributed by atoms with Crippen LogP contribution in [0.2, 0.25) is 0 Å². The van der Waals surface area contributed by atoms with Gasteiger partial charge in [0.2, 0.25) is 0 Å². The molecule has 0 aromatic carbocycles. The van der Waals surface area contributed by atoms with Crippen LogP contribution < -0.4 is 0 Å². The van der Waals surface area contributed by atoms with Crippen molar-refractivity contribution in [2.24, 2.45) is 5.92 Å². The lowest BCUT2D eigenvalue weighted by atomic mass is 10.0. The van der Waals surface area contributed by atoms with Gasteiger partial charge in [-0.15, -0.1) is 0 Å². The van der Waals surface area contributed by atoms with E-state index in [0.717, 1.165) is 6.42 Å². The number of hydrogen-bond acceptors (Lipinski definition) is 3. The maximum absolute atomic E-state index is 10.6. The first-order valence-corrected chi connectivity index (χ1v) is 3.83. The van der Waals surface area contributed by atoms with Crippen LogP contribution in [-0.2, 0) is 14.3 Å². The molecule has 0 aromatic rings. The van der Waals surface area contributed by atoms with Crippen LogP contribution in [0.4, 0.5) is 0 Å². The number of cyclic esters (lactones) is 1. The van der Waals surface area contributed by atoms with E-state index < -0.39 is 0 Å². The number of Topliss-reactive ketones (excluding diaryl/α,β-unsaturated/α-hetero) is 1. The Morgan fingerprint density at radius 3 is 2.91 bits per heavy atom. The monoisotopic (exact) mass is 156 g/mol. The Kier molecular flexibility index (Phi) is 2.63. The molecular formula is C8H12O3. The van der Waals surface area contributed by atoms with Crippen molar-refractivity contribution in [3.05, 3.63) is 0 Å². The van der Waals surface area contributed by atoms with Crippen molar-refractivity contribution >= 4 is 11.8 Å². The summed E-state index contributed by atoms with van der Waals surface area (Å²) in [5.41, 5.74) is 0. The van der Waals surface area contributed by atoms with Crippen LogP contribution in [0.15, 0.2) is 0 Å². The summed E-state index contributed by atoms with van der Waals surface area (Å²) in [7, 11) is 0. The molecular weight excluding hydrogens is 144 g/mol. The van der Waals surface area contributed by atoms with Crippen molar-refractivity contribution in [1.29, 1.82) is 0 Å². The second-order valence-corrected chi connectivity index (χ2v) is 2.99. The molecule has 1 rings (SSSR count). The van der Waals surface area contributed by atoms with Gasteiger partial charge in [0, 0.05) is 12.3 Å². The molecule has 1 aliphatic rings. The minimum atomic E-state index is -0.126. The van der Waals surface area contributed by atoms with Crippen LogP contribution in [0.1, 0.15) is 26.2 Å². The lowest BCUT2D eigenvalue weighted by Crippen LogP contribution is -2.01. The summed E-state index contributed by atoms with van der Waals surface area (Å²) in [5, 5.41) is 0. The van der Waals surface area contributed by atoms with Gasteiger partial charge in [-0.2, -0.15) is 0 Å². The van der Waals surface area contributed by atoms with E-state index in [2.05, 4.69) is 0 Å². The second-order valence-electron chi connectivity index (χ2n) is 2.99. The van der Waals surface area contributed by atoms with Crippen molar-refractivity contribution in [3.63, 3.8) is 0 Å². The van der Waals surface area contributed by atoms with Crippen molar-refractivity contribution in [3.8, 4) is 0 Å². The highest BCUT2D eigenvalue weighted by Crippen LogP contribution is 2.18. The zero-order chi connectivity index (χ0) is 8.27. The molecule has 11 heavy (non-hydrogen) atoms. The fraction of sp³-hybridized carbons (Fsp3) is 0.750. The quantitative estimate of drug-likeness (QED) is 0.570. The van der Waals surface area contributed by atoms with E-state index in [1.807, 2.05) is 0 Å². The summed E-state index contributed by atoms with van der Waals surface area (Å²) in [4.78, 5) is 21.1. The number of ketones is 1. The van der Waals surface area contributed by atoms with Gasteiger partial charge in [-0.3, -0.25) is 4.79 Å². The Morgan fingerprint density at radius 2 is 2.45 bits per heavy atom. The predicted molar refractivity (Wildman–Crippen MR) is 39.0 cm³/mol. The molecule has 3 heteroatoms. The standard InChI is InChI=1S/C8H12O3/c1-6(9)2-3-7-4-8(10)11-5-7/h7H,2-5H2,1H3. The van der Waals surface area contributed by atoms with Gasteiger partial charge in [0.1, 0.15) is 5.78 Å². The molecule has 62 valence electrons. The zero-order valence-corrected chi connectivity index (χ0v) is 6.63. The van der Waals surface area contributed by atoms with Gasteiger partial charge in [0.05, 0.1) is 13.0 Å². The van der Waals surface area contributed by atoms with Gasteiger partial charge in [0.25, 0.3) is 0 Å².